The lowest BCUT2D eigenvalue weighted by atomic mass is 10.1. The summed E-state index contributed by atoms with van der Waals surface area (Å²) in [5, 5.41) is -0.00151. The third-order valence-corrected chi connectivity index (χ3v) is 11.7. The fourth-order valence-corrected chi connectivity index (χ4v) is 5.29. The highest BCUT2D eigenvalue weighted by Gasteiger charge is 2.41. The molecule has 0 saturated carbocycles. The largest absolute Gasteiger partial charge is 0.492 e. The van der Waals surface area contributed by atoms with Gasteiger partial charge in [-0.05, 0) is 60.1 Å². The summed E-state index contributed by atoms with van der Waals surface area (Å²) in [7, 11) is -0.726. The van der Waals surface area contributed by atoms with Gasteiger partial charge in [-0.25, -0.2) is 4.79 Å². The molecule has 0 saturated heterocycles. The number of benzene rings is 3. The maximum Gasteiger partial charge on any atom is 0.334 e. The van der Waals surface area contributed by atoms with Crippen LogP contribution in [0.1, 0.15) is 26.3 Å². The highest BCUT2D eigenvalue weighted by molar-refractivity contribution is 6.74. The SMILES string of the molecule is COC(=O)[C@H](Cc1ccc(OCCN2c3ccccc3Oc3ccccc32)cc1)O[Si](C)(C)C(C)(C)C. The van der Waals surface area contributed by atoms with Crippen LogP contribution in [0.15, 0.2) is 72.8 Å². The predicted molar refractivity (Wildman–Crippen MR) is 150 cm³/mol. The Bertz CT molecular complexity index is 1170. The second-order valence-corrected chi connectivity index (χ2v) is 15.5. The van der Waals surface area contributed by atoms with E-state index in [0.717, 1.165) is 34.2 Å². The Morgan fingerprint density at radius 1 is 0.919 bits per heavy atom. The summed E-state index contributed by atoms with van der Waals surface area (Å²) in [5.41, 5.74) is 3.05. The highest BCUT2D eigenvalue weighted by Crippen LogP contribution is 2.46. The van der Waals surface area contributed by atoms with Gasteiger partial charge in [0.1, 0.15) is 18.5 Å². The number of anilines is 2. The van der Waals surface area contributed by atoms with Crippen LogP contribution in [0.2, 0.25) is 18.1 Å². The first kappa shape index (κ1) is 26.8. The third-order valence-electron chi connectivity index (χ3n) is 7.17. The molecule has 0 amide bonds. The maximum absolute atomic E-state index is 12.5. The average Bonchev–Trinajstić information content (AvgIpc) is 2.87. The molecule has 3 aromatic rings. The number of carbonyl (C=O) groups is 1. The number of hydrogen-bond acceptors (Lipinski definition) is 6. The molecule has 1 aliphatic rings. The molecule has 1 atom stereocenters. The van der Waals surface area contributed by atoms with E-state index >= 15 is 0 Å². The Kier molecular flexibility index (Phi) is 7.95. The standard InChI is InChI=1S/C30H37NO5Si/c1-30(2,3)37(5,6)36-28(29(32)33-4)21-22-15-17-23(18-16-22)34-20-19-31-24-11-7-9-13-26(24)35-27-14-10-8-12-25(27)31/h7-18,28H,19-21H2,1-6H3/t28-/m0/s1. The van der Waals surface area contributed by atoms with Crippen LogP contribution in [-0.4, -0.2) is 40.7 Å². The monoisotopic (exact) mass is 519 g/mol. The number of rotatable bonds is 9. The van der Waals surface area contributed by atoms with Crippen molar-refractivity contribution in [2.24, 2.45) is 0 Å². The van der Waals surface area contributed by atoms with Crippen molar-refractivity contribution in [1.82, 2.24) is 0 Å². The lowest BCUT2D eigenvalue weighted by Gasteiger charge is -2.38. The number of fused-ring (bicyclic) bond motifs is 2. The third kappa shape index (κ3) is 6.17. The average molecular weight is 520 g/mol. The molecule has 3 aromatic carbocycles. The van der Waals surface area contributed by atoms with Gasteiger partial charge in [0.25, 0.3) is 0 Å². The van der Waals surface area contributed by atoms with Crippen LogP contribution in [0, 0.1) is 0 Å². The van der Waals surface area contributed by atoms with Gasteiger partial charge in [0.05, 0.1) is 25.0 Å². The van der Waals surface area contributed by atoms with E-state index in [9.17, 15) is 4.79 Å². The number of esters is 1. The predicted octanol–water partition coefficient (Wildman–Crippen LogP) is 7.12. The first-order valence-corrected chi connectivity index (χ1v) is 15.6. The van der Waals surface area contributed by atoms with E-state index in [4.69, 9.17) is 18.6 Å². The van der Waals surface area contributed by atoms with Crippen LogP contribution < -0.4 is 14.4 Å². The van der Waals surface area contributed by atoms with Gasteiger partial charge in [-0.15, -0.1) is 0 Å². The fourth-order valence-electron chi connectivity index (χ4n) is 4.05. The molecule has 0 fully saturated rings. The minimum absolute atomic E-state index is 0.00151. The molecule has 0 aromatic heterocycles. The smallest absolute Gasteiger partial charge is 0.334 e. The summed E-state index contributed by atoms with van der Waals surface area (Å²) in [6, 6.07) is 23.9. The minimum Gasteiger partial charge on any atom is -0.492 e. The Labute approximate surface area is 221 Å². The summed E-state index contributed by atoms with van der Waals surface area (Å²) >= 11 is 0. The summed E-state index contributed by atoms with van der Waals surface area (Å²) < 4.78 is 23.6. The molecule has 0 radical (unpaired) electrons. The summed E-state index contributed by atoms with van der Waals surface area (Å²) in [5.74, 6) is 2.12. The van der Waals surface area contributed by atoms with Gasteiger partial charge in [-0.2, -0.15) is 0 Å². The zero-order valence-corrected chi connectivity index (χ0v) is 23.6. The zero-order valence-electron chi connectivity index (χ0n) is 22.6. The van der Waals surface area contributed by atoms with Gasteiger partial charge < -0.3 is 23.5 Å². The molecule has 37 heavy (non-hydrogen) atoms. The molecular weight excluding hydrogens is 482 g/mol. The van der Waals surface area contributed by atoms with E-state index < -0.39 is 14.4 Å². The van der Waals surface area contributed by atoms with Crippen molar-refractivity contribution in [2.45, 2.75) is 51.4 Å². The number of ether oxygens (including phenoxy) is 3. The molecule has 0 spiro atoms. The van der Waals surface area contributed by atoms with Gasteiger partial charge in [-0.1, -0.05) is 57.2 Å². The van der Waals surface area contributed by atoms with Crippen molar-refractivity contribution >= 4 is 25.7 Å². The van der Waals surface area contributed by atoms with E-state index in [2.05, 4.69) is 50.9 Å². The lowest BCUT2D eigenvalue weighted by molar-refractivity contribution is -0.149. The first-order chi connectivity index (χ1) is 17.6. The summed E-state index contributed by atoms with van der Waals surface area (Å²) in [6.45, 7) is 11.9. The highest BCUT2D eigenvalue weighted by atomic mass is 28.4. The van der Waals surface area contributed by atoms with E-state index in [-0.39, 0.29) is 11.0 Å². The summed E-state index contributed by atoms with van der Waals surface area (Å²) in [4.78, 5) is 14.7. The van der Waals surface area contributed by atoms with E-state index in [1.54, 1.807) is 0 Å². The Morgan fingerprint density at radius 2 is 1.49 bits per heavy atom. The van der Waals surface area contributed by atoms with Crippen LogP contribution in [0.3, 0.4) is 0 Å². The van der Waals surface area contributed by atoms with Crippen LogP contribution in [0.5, 0.6) is 17.2 Å². The van der Waals surface area contributed by atoms with Crippen LogP contribution in [0.4, 0.5) is 11.4 Å². The maximum atomic E-state index is 12.5. The molecule has 0 unspecified atom stereocenters. The molecule has 0 bridgehead atoms. The van der Waals surface area contributed by atoms with Crippen molar-refractivity contribution in [3.63, 3.8) is 0 Å². The molecule has 196 valence electrons. The number of methoxy groups -OCH3 is 1. The van der Waals surface area contributed by atoms with Crippen molar-refractivity contribution in [2.75, 3.05) is 25.2 Å². The number of nitrogens with zero attached hydrogens (tertiary/aromatic N) is 1. The van der Waals surface area contributed by atoms with E-state index in [1.807, 2.05) is 60.7 Å². The van der Waals surface area contributed by atoms with E-state index in [1.165, 1.54) is 7.11 Å². The minimum atomic E-state index is -2.14. The van der Waals surface area contributed by atoms with Gasteiger partial charge >= 0.3 is 5.97 Å². The molecule has 1 heterocycles. The lowest BCUT2D eigenvalue weighted by Crippen LogP contribution is -2.47. The van der Waals surface area contributed by atoms with Crippen LogP contribution in [0.25, 0.3) is 0 Å². The molecule has 6 nitrogen and oxygen atoms in total. The molecule has 4 rings (SSSR count). The topological polar surface area (TPSA) is 57.2 Å². The second-order valence-electron chi connectivity index (χ2n) is 10.8. The molecular formula is C30H37NO5Si. The molecule has 7 heteroatoms. The molecule has 1 aliphatic heterocycles. The van der Waals surface area contributed by atoms with Gasteiger partial charge in [-0.3, -0.25) is 0 Å². The number of hydrogen-bond donors (Lipinski definition) is 0. The van der Waals surface area contributed by atoms with Gasteiger partial charge in [0.2, 0.25) is 0 Å². The van der Waals surface area contributed by atoms with Crippen molar-refractivity contribution in [3.05, 3.63) is 78.4 Å². The van der Waals surface area contributed by atoms with Crippen LogP contribution in [-0.2, 0) is 20.4 Å². The van der Waals surface area contributed by atoms with Crippen molar-refractivity contribution in [1.29, 1.82) is 0 Å². The quantitative estimate of drug-likeness (QED) is 0.222. The van der Waals surface area contributed by atoms with Crippen molar-refractivity contribution in [3.8, 4) is 17.2 Å². The fraction of sp³-hybridized carbons (Fsp3) is 0.367. The Balaban J connectivity index is 1.39. The number of carbonyl (C=O) groups excluding carboxylic acids is 1. The number of para-hydroxylation sites is 4. The van der Waals surface area contributed by atoms with E-state index in [0.29, 0.717) is 19.6 Å². The molecule has 0 aliphatic carbocycles. The first-order valence-electron chi connectivity index (χ1n) is 12.7. The van der Waals surface area contributed by atoms with Crippen LogP contribution >= 0.6 is 0 Å². The van der Waals surface area contributed by atoms with Gasteiger partial charge in [0.15, 0.2) is 19.8 Å². The molecule has 0 N–H and O–H groups in total. The Morgan fingerprint density at radius 3 is 2.03 bits per heavy atom. The summed E-state index contributed by atoms with van der Waals surface area (Å²) in [6.07, 6.45) is -0.167. The zero-order chi connectivity index (χ0) is 26.6. The normalized spacial score (nSPS) is 13.7. The van der Waals surface area contributed by atoms with Crippen molar-refractivity contribution < 1.29 is 23.4 Å². The Hall–Kier alpha value is -3.29. The second kappa shape index (κ2) is 11.0. The van der Waals surface area contributed by atoms with Gasteiger partial charge in [0, 0.05) is 6.42 Å².